The topological polar surface area (TPSA) is 51.9 Å². The van der Waals surface area contributed by atoms with Crippen LogP contribution in [0.3, 0.4) is 0 Å². The number of nitrogens with zero attached hydrogens (tertiary/aromatic N) is 3. The molecule has 0 aliphatic heterocycles. The zero-order chi connectivity index (χ0) is 20.3. The first kappa shape index (κ1) is 19.0. The summed E-state index contributed by atoms with van der Waals surface area (Å²) in [5.41, 5.74) is 3.53. The van der Waals surface area contributed by atoms with E-state index < -0.39 is 0 Å². The lowest BCUT2D eigenvalue weighted by Crippen LogP contribution is -2.25. The molecule has 2 aromatic carbocycles. The average molecular weight is 417 g/mol. The van der Waals surface area contributed by atoms with Crippen LogP contribution < -0.4 is 5.32 Å². The summed E-state index contributed by atoms with van der Waals surface area (Å²) in [6.45, 7) is 1.35. The number of fused-ring (bicyclic) bond motifs is 1. The third-order valence-corrected chi connectivity index (χ3v) is 6.50. The summed E-state index contributed by atoms with van der Waals surface area (Å²) in [5, 5.41) is 4.24. The highest BCUT2D eigenvalue weighted by molar-refractivity contribution is 8.00. The van der Waals surface area contributed by atoms with E-state index in [9.17, 15) is 4.79 Å². The lowest BCUT2D eigenvalue weighted by molar-refractivity contribution is -0.118. The van der Waals surface area contributed by atoms with E-state index in [4.69, 9.17) is 0 Å². The fraction of sp³-hybridized carbons (Fsp3) is 0.250. The fourth-order valence-corrected chi connectivity index (χ4v) is 4.69. The van der Waals surface area contributed by atoms with Crippen LogP contribution in [0.4, 0.5) is 0 Å². The van der Waals surface area contributed by atoms with Crippen LogP contribution >= 0.6 is 11.8 Å². The molecule has 2 heterocycles. The van der Waals surface area contributed by atoms with Gasteiger partial charge in [0, 0.05) is 40.8 Å². The largest absolute Gasteiger partial charge is 0.350 e. The molecule has 1 saturated carbocycles. The number of carbonyl (C=O) groups excluding carboxylic acids is 1. The number of hydrogen-bond donors (Lipinski definition) is 1. The maximum Gasteiger partial charge on any atom is 0.230 e. The van der Waals surface area contributed by atoms with Crippen LogP contribution in [0.5, 0.6) is 0 Å². The number of imidazole rings is 1. The number of amides is 1. The van der Waals surface area contributed by atoms with Gasteiger partial charge in [-0.25, -0.2) is 4.98 Å². The third-order valence-electron chi connectivity index (χ3n) is 5.46. The van der Waals surface area contributed by atoms with Crippen LogP contribution in [0.25, 0.3) is 10.9 Å². The van der Waals surface area contributed by atoms with Crippen LogP contribution in [0.2, 0.25) is 0 Å². The van der Waals surface area contributed by atoms with E-state index >= 15 is 0 Å². The molecule has 1 fully saturated rings. The Morgan fingerprint density at radius 1 is 1.10 bits per heavy atom. The number of thioether (sulfide) groups is 1. The summed E-state index contributed by atoms with van der Waals surface area (Å²) in [5.74, 6) is 0.445. The molecule has 5 rings (SSSR count). The zero-order valence-electron chi connectivity index (χ0n) is 16.7. The van der Waals surface area contributed by atoms with Crippen molar-refractivity contribution in [3.8, 4) is 0 Å². The molecule has 1 N–H and O–H groups in total. The van der Waals surface area contributed by atoms with Gasteiger partial charge >= 0.3 is 0 Å². The number of benzene rings is 2. The Bertz CT molecular complexity index is 1160. The van der Waals surface area contributed by atoms with Gasteiger partial charge in [-0.2, -0.15) is 0 Å². The molecule has 6 heteroatoms. The van der Waals surface area contributed by atoms with E-state index in [0.717, 1.165) is 17.1 Å². The van der Waals surface area contributed by atoms with Crippen LogP contribution in [-0.4, -0.2) is 25.8 Å². The molecule has 5 nitrogen and oxygen atoms in total. The van der Waals surface area contributed by atoms with Crippen molar-refractivity contribution in [2.24, 2.45) is 0 Å². The van der Waals surface area contributed by atoms with Crippen LogP contribution in [-0.2, 0) is 17.9 Å². The standard InChI is InChI=1S/C24H24N4OS/c29-24(26-13-20-12-25-17-28(20)19-10-11-19)16-30-23-15-27(14-18-6-2-1-3-7-18)22-9-5-4-8-21(22)23/h1-9,12,15,17,19H,10-11,13-14,16H2,(H,26,29). The third kappa shape index (κ3) is 4.14. The van der Waals surface area contributed by atoms with Gasteiger partial charge in [-0.3, -0.25) is 4.79 Å². The predicted octanol–water partition coefficient (Wildman–Crippen LogP) is 4.63. The first-order valence-electron chi connectivity index (χ1n) is 10.3. The smallest absolute Gasteiger partial charge is 0.230 e. The number of rotatable bonds is 8. The molecule has 1 aliphatic rings. The molecular formula is C24H24N4OS. The second-order valence-electron chi connectivity index (χ2n) is 7.71. The molecule has 30 heavy (non-hydrogen) atoms. The molecular weight excluding hydrogens is 392 g/mol. The Morgan fingerprint density at radius 2 is 1.90 bits per heavy atom. The Labute approximate surface area is 180 Å². The monoisotopic (exact) mass is 416 g/mol. The maximum absolute atomic E-state index is 12.5. The van der Waals surface area contributed by atoms with Gasteiger partial charge in [0.25, 0.3) is 0 Å². The summed E-state index contributed by atoms with van der Waals surface area (Å²) in [6.07, 6.45) is 8.30. The van der Waals surface area contributed by atoms with Gasteiger partial charge in [0.15, 0.2) is 0 Å². The molecule has 0 atom stereocenters. The van der Waals surface area contributed by atoms with Gasteiger partial charge in [0.2, 0.25) is 5.91 Å². The summed E-state index contributed by atoms with van der Waals surface area (Å²) in [7, 11) is 0. The van der Waals surface area contributed by atoms with E-state index in [-0.39, 0.29) is 5.91 Å². The highest BCUT2D eigenvalue weighted by Gasteiger charge is 2.25. The Morgan fingerprint density at radius 3 is 2.73 bits per heavy atom. The van der Waals surface area contributed by atoms with Gasteiger partial charge in [-0.05, 0) is 24.5 Å². The van der Waals surface area contributed by atoms with Crippen molar-refractivity contribution in [3.05, 3.63) is 84.6 Å². The Hall–Kier alpha value is -2.99. The molecule has 0 bridgehead atoms. The molecule has 0 saturated heterocycles. The summed E-state index contributed by atoms with van der Waals surface area (Å²) < 4.78 is 4.45. The summed E-state index contributed by atoms with van der Waals surface area (Å²) >= 11 is 1.59. The van der Waals surface area contributed by atoms with Gasteiger partial charge in [0.05, 0.1) is 24.3 Å². The van der Waals surface area contributed by atoms with Gasteiger partial charge in [0.1, 0.15) is 0 Å². The molecule has 0 radical (unpaired) electrons. The Kier molecular flexibility index (Phi) is 5.32. The van der Waals surface area contributed by atoms with Gasteiger partial charge < -0.3 is 14.5 Å². The maximum atomic E-state index is 12.5. The Balaban J connectivity index is 1.25. The minimum atomic E-state index is 0.0448. The lowest BCUT2D eigenvalue weighted by Gasteiger charge is -2.08. The zero-order valence-corrected chi connectivity index (χ0v) is 17.5. The summed E-state index contributed by atoms with van der Waals surface area (Å²) in [4.78, 5) is 17.8. The van der Waals surface area contributed by atoms with E-state index in [1.54, 1.807) is 11.8 Å². The van der Waals surface area contributed by atoms with Crippen molar-refractivity contribution in [1.29, 1.82) is 0 Å². The quantitative estimate of drug-likeness (QED) is 0.426. The predicted molar refractivity (Wildman–Crippen MR) is 121 cm³/mol. The van der Waals surface area contributed by atoms with Crippen LogP contribution in [0.15, 0.2) is 78.2 Å². The van der Waals surface area contributed by atoms with Crippen LogP contribution in [0.1, 0.15) is 30.1 Å². The highest BCUT2D eigenvalue weighted by Crippen LogP contribution is 2.35. The number of aromatic nitrogens is 3. The second kappa shape index (κ2) is 8.40. The molecule has 0 unspecified atom stereocenters. The minimum absolute atomic E-state index is 0.0448. The van der Waals surface area contributed by atoms with Gasteiger partial charge in [-0.15, -0.1) is 11.8 Å². The second-order valence-corrected chi connectivity index (χ2v) is 8.73. The van der Waals surface area contributed by atoms with E-state index in [0.29, 0.717) is 18.3 Å². The van der Waals surface area contributed by atoms with E-state index in [1.807, 2.05) is 18.6 Å². The molecule has 2 aromatic heterocycles. The normalized spacial score (nSPS) is 13.6. The average Bonchev–Trinajstić information content (AvgIpc) is 3.42. The number of nitrogens with one attached hydrogen (secondary N) is 1. The molecule has 152 valence electrons. The van der Waals surface area contributed by atoms with Gasteiger partial charge in [-0.1, -0.05) is 48.5 Å². The first-order valence-corrected chi connectivity index (χ1v) is 11.3. The minimum Gasteiger partial charge on any atom is -0.350 e. The lowest BCUT2D eigenvalue weighted by atomic mass is 10.2. The van der Waals surface area contributed by atoms with Crippen molar-refractivity contribution >= 4 is 28.6 Å². The van der Waals surface area contributed by atoms with Crippen molar-refractivity contribution in [2.75, 3.05) is 5.75 Å². The number of carbonyl (C=O) groups is 1. The first-order chi connectivity index (χ1) is 14.8. The van der Waals surface area contributed by atoms with E-state index in [1.165, 1.54) is 29.3 Å². The van der Waals surface area contributed by atoms with Crippen LogP contribution in [0, 0.1) is 0 Å². The van der Waals surface area contributed by atoms with Crippen molar-refractivity contribution in [3.63, 3.8) is 0 Å². The van der Waals surface area contributed by atoms with Crippen molar-refractivity contribution in [2.45, 2.75) is 36.9 Å². The highest BCUT2D eigenvalue weighted by atomic mass is 32.2. The SMILES string of the molecule is O=C(CSc1cn(Cc2ccccc2)c2ccccc12)NCc1cncn1C1CC1. The fourth-order valence-electron chi connectivity index (χ4n) is 3.77. The molecule has 1 amide bonds. The molecule has 4 aromatic rings. The van der Waals surface area contributed by atoms with E-state index in [2.05, 4.69) is 74.2 Å². The summed E-state index contributed by atoms with van der Waals surface area (Å²) in [6, 6.07) is 19.4. The number of para-hydroxylation sites is 1. The number of hydrogen-bond acceptors (Lipinski definition) is 3. The molecule has 1 aliphatic carbocycles. The molecule has 0 spiro atoms. The van der Waals surface area contributed by atoms with Crippen molar-refractivity contribution in [1.82, 2.24) is 19.4 Å². The van der Waals surface area contributed by atoms with Crippen molar-refractivity contribution < 1.29 is 4.79 Å².